The van der Waals surface area contributed by atoms with Crippen LogP contribution in [0.4, 0.5) is 0 Å². The molecule has 6 nitrogen and oxygen atoms in total. The summed E-state index contributed by atoms with van der Waals surface area (Å²) in [6.07, 6.45) is 2.39. The zero-order valence-electron chi connectivity index (χ0n) is 12.5. The molecule has 1 aromatic heterocycles. The molecule has 0 aromatic carbocycles. The van der Waals surface area contributed by atoms with Crippen LogP contribution in [0.5, 0.6) is 0 Å². The Hall–Kier alpha value is -1.53. The van der Waals surface area contributed by atoms with Crippen LogP contribution in [0.25, 0.3) is 0 Å². The van der Waals surface area contributed by atoms with Crippen molar-refractivity contribution < 1.29 is 9.15 Å². The van der Waals surface area contributed by atoms with Crippen LogP contribution in [-0.2, 0) is 4.74 Å². The van der Waals surface area contributed by atoms with Gasteiger partial charge < -0.3 is 20.2 Å². The van der Waals surface area contributed by atoms with E-state index in [9.17, 15) is 0 Å². The third-order valence-corrected chi connectivity index (χ3v) is 3.94. The molecule has 1 unspecified atom stereocenters. The van der Waals surface area contributed by atoms with Gasteiger partial charge in [-0.15, -0.1) is 0 Å². The summed E-state index contributed by atoms with van der Waals surface area (Å²) in [4.78, 5) is 6.86. The molecule has 1 atom stereocenters. The number of morpholine rings is 1. The smallest absolute Gasteiger partial charge is 0.188 e. The van der Waals surface area contributed by atoms with Crippen LogP contribution < -0.4 is 11.1 Å². The number of aryl methyl sites for hydroxylation is 1. The van der Waals surface area contributed by atoms with E-state index < -0.39 is 0 Å². The highest BCUT2D eigenvalue weighted by molar-refractivity contribution is 5.78. The lowest BCUT2D eigenvalue weighted by Crippen LogP contribution is -2.41. The number of furan rings is 1. The molecule has 21 heavy (non-hydrogen) atoms. The Morgan fingerprint density at radius 2 is 2.19 bits per heavy atom. The van der Waals surface area contributed by atoms with E-state index in [0.29, 0.717) is 18.5 Å². The molecular formula is C15H24N4O2. The molecule has 1 saturated heterocycles. The molecule has 6 heteroatoms. The summed E-state index contributed by atoms with van der Waals surface area (Å²) in [7, 11) is 0. The number of nitrogens with one attached hydrogen (secondary N) is 1. The lowest BCUT2D eigenvalue weighted by atomic mass is 10.2. The van der Waals surface area contributed by atoms with E-state index in [4.69, 9.17) is 14.9 Å². The van der Waals surface area contributed by atoms with Gasteiger partial charge in [0.2, 0.25) is 0 Å². The van der Waals surface area contributed by atoms with Crippen molar-refractivity contribution >= 4 is 5.96 Å². The van der Waals surface area contributed by atoms with Gasteiger partial charge in [-0.05, 0) is 31.9 Å². The van der Waals surface area contributed by atoms with Crippen LogP contribution in [-0.4, -0.2) is 49.7 Å². The molecule has 1 aliphatic carbocycles. The van der Waals surface area contributed by atoms with E-state index in [1.165, 1.54) is 12.8 Å². The molecule has 116 valence electrons. The fraction of sp³-hybridized carbons (Fsp3) is 0.667. The maximum atomic E-state index is 5.94. The monoisotopic (exact) mass is 292 g/mol. The van der Waals surface area contributed by atoms with E-state index in [0.717, 1.165) is 37.8 Å². The summed E-state index contributed by atoms with van der Waals surface area (Å²) in [5.74, 6) is 2.42. The van der Waals surface area contributed by atoms with Gasteiger partial charge in [0.15, 0.2) is 5.96 Å². The molecule has 2 heterocycles. The van der Waals surface area contributed by atoms with E-state index in [1.54, 1.807) is 0 Å². The molecule has 1 aliphatic heterocycles. The Bertz CT molecular complexity index is 490. The Morgan fingerprint density at radius 3 is 2.81 bits per heavy atom. The molecule has 3 N–H and O–H groups in total. The van der Waals surface area contributed by atoms with Crippen molar-refractivity contribution in [2.45, 2.75) is 31.8 Å². The SMILES string of the molecule is Cc1ccc(C(CN=C(N)NC2CC2)N2CCOCC2)o1. The van der Waals surface area contributed by atoms with E-state index >= 15 is 0 Å². The van der Waals surface area contributed by atoms with Crippen molar-refractivity contribution in [1.29, 1.82) is 0 Å². The first kappa shape index (κ1) is 14.4. The number of nitrogens with two attached hydrogens (primary N) is 1. The van der Waals surface area contributed by atoms with Crippen molar-refractivity contribution in [3.63, 3.8) is 0 Å². The molecule has 0 amide bonds. The predicted molar refractivity (Wildman–Crippen MR) is 81.2 cm³/mol. The highest BCUT2D eigenvalue weighted by Gasteiger charge is 2.26. The van der Waals surface area contributed by atoms with Gasteiger partial charge in [-0.3, -0.25) is 9.89 Å². The zero-order valence-corrected chi connectivity index (χ0v) is 12.5. The molecule has 2 aliphatic rings. The van der Waals surface area contributed by atoms with Gasteiger partial charge in [0.1, 0.15) is 11.5 Å². The number of hydrogen-bond donors (Lipinski definition) is 2. The molecule has 0 spiro atoms. The average Bonchev–Trinajstić information content (AvgIpc) is 3.20. The maximum Gasteiger partial charge on any atom is 0.188 e. The minimum absolute atomic E-state index is 0.127. The molecule has 1 aromatic rings. The molecular weight excluding hydrogens is 268 g/mol. The Balaban J connectivity index is 1.68. The second-order valence-electron chi connectivity index (χ2n) is 5.76. The average molecular weight is 292 g/mol. The lowest BCUT2D eigenvalue weighted by Gasteiger charge is -2.32. The van der Waals surface area contributed by atoms with Crippen LogP contribution >= 0.6 is 0 Å². The Kier molecular flexibility index (Phi) is 4.45. The van der Waals surface area contributed by atoms with Crippen molar-refractivity contribution in [3.8, 4) is 0 Å². The van der Waals surface area contributed by atoms with Crippen molar-refractivity contribution in [2.24, 2.45) is 10.7 Å². The lowest BCUT2D eigenvalue weighted by molar-refractivity contribution is 0.0135. The van der Waals surface area contributed by atoms with Gasteiger partial charge in [0, 0.05) is 19.1 Å². The summed E-state index contributed by atoms with van der Waals surface area (Å²) >= 11 is 0. The zero-order chi connectivity index (χ0) is 14.7. The minimum Gasteiger partial charge on any atom is -0.465 e. The number of nitrogens with zero attached hydrogens (tertiary/aromatic N) is 2. The molecule has 1 saturated carbocycles. The largest absolute Gasteiger partial charge is 0.465 e. The van der Waals surface area contributed by atoms with Crippen LogP contribution in [0.2, 0.25) is 0 Å². The minimum atomic E-state index is 0.127. The van der Waals surface area contributed by atoms with Crippen LogP contribution in [0.15, 0.2) is 21.5 Å². The molecule has 3 rings (SSSR count). The fourth-order valence-corrected chi connectivity index (χ4v) is 2.57. The summed E-state index contributed by atoms with van der Waals surface area (Å²) in [6, 6.07) is 4.69. The van der Waals surface area contributed by atoms with Crippen LogP contribution in [0.3, 0.4) is 0 Å². The quantitative estimate of drug-likeness (QED) is 0.626. The summed E-state index contributed by atoms with van der Waals surface area (Å²) in [6.45, 7) is 5.89. The second kappa shape index (κ2) is 6.49. The standard InChI is InChI=1S/C15H24N4O2/c1-11-2-5-14(21-11)13(19-6-8-20-9-7-19)10-17-15(16)18-12-3-4-12/h2,5,12-13H,3-4,6-10H2,1H3,(H3,16,17,18). The summed E-state index contributed by atoms with van der Waals surface area (Å²) in [5.41, 5.74) is 5.94. The van der Waals surface area contributed by atoms with Crippen LogP contribution in [0.1, 0.15) is 30.4 Å². The summed E-state index contributed by atoms with van der Waals surface area (Å²) < 4.78 is 11.2. The normalized spacial score (nSPS) is 22.2. The van der Waals surface area contributed by atoms with E-state index in [-0.39, 0.29) is 6.04 Å². The first-order valence-electron chi connectivity index (χ1n) is 7.67. The third kappa shape index (κ3) is 3.98. The van der Waals surface area contributed by atoms with Gasteiger partial charge in [-0.25, -0.2) is 0 Å². The maximum absolute atomic E-state index is 5.94. The molecule has 0 radical (unpaired) electrons. The second-order valence-corrected chi connectivity index (χ2v) is 5.76. The number of rotatable bonds is 5. The Labute approximate surface area is 125 Å². The van der Waals surface area contributed by atoms with E-state index in [2.05, 4.69) is 15.2 Å². The van der Waals surface area contributed by atoms with Crippen LogP contribution in [0, 0.1) is 6.92 Å². The highest BCUT2D eigenvalue weighted by atomic mass is 16.5. The number of ether oxygens (including phenoxy) is 1. The van der Waals surface area contributed by atoms with Gasteiger partial charge in [0.05, 0.1) is 25.8 Å². The highest BCUT2D eigenvalue weighted by Crippen LogP contribution is 2.24. The van der Waals surface area contributed by atoms with Crippen molar-refractivity contribution in [1.82, 2.24) is 10.2 Å². The fourth-order valence-electron chi connectivity index (χ4n) is 2.57. The Morgan fingerprint density at radius 1 is 1.43 bits per heavy atom. The first-order chi connectivity index (χ1) is 10.2. The van der Waals surface area contributed by atoms with Crippen molar-refractivity contribution in [3.05, 3.63) is 23.7 Å². The molecule has 2 fully saturated rings. The van der Waals surface area contributed by atoms with E-state index in [1.807, 2.05) is 19.1 Å². The van der Waals surface area contributed by atoms with Gasteiger partial charge >= 0.3 is 0 Å². The number of hydrogen-bond acceptors (Lipinski definition) is 4. The predicted octanol–water partition coefficient (Wildman–Crippen LogP) is 1.03. The van der Waals surface area contributed by atoms with Gasteiger partial charge in [-0.1, -0.05) is 0 Å². The van der Waals surface area contributed by atoms with Gasteiger partial charge in [-0.2, -0.15) is 0 Å². The topological polar surface area (TPSA) is 76.0 Å². The molecule has 0 bridgehead atoms. The number of aliphatic imine (C=N–C) groups is 1. The van der Waals surface area contributed by atoms with Crippen molar-refractivity contribution in [2.75, 3.05) is 32.8 Å². The summed E-state index contributed by atoms with van der Waals surface area (Å²) in [5, 5.41) is 3.22. The number of guanidine groups is 1. The van der Waals surface area contributed by atoms with Gasteiger partial charge in [0.25, 0.3) is 0 Å². The third-order valence-electron chi connectivity index (χ3n) is 3.94. The first-order valence-corrected chi connectivity index (χ1v) is 7.67.